The average molecular weight is 375 g/mol. The molecule has 8 heteroatoms. The zero-order chi connectivity index (χ0) is 19.4. The van der Waals surface area contributed by atoms with Crippen LogP contribution in [0.4, 0.5) is 34.8 Å². The highest BCUT2D eigenvalue weighted by Gasteiger charge is 2.30. The SMILES string of the molecule is O=C(Nc1ccc(Nc2cccc(C(F)(F)F)c2)nc1)c1ccc(F)cc1. The summed E-state index contributed by atoms with van der Waals surface area (Å²) in [5.74, 6) is -0.567. The highest BCUT2D eigenvalue weighted by Crippen LogP contribution is 2.31. The minimum absolute atomic E-state index is 0.237. The van der Waals surface area contributed by atoms with Crippen LogP contribution in [0.2, 0.25) is 0 Å². The number of carbonyl (C=O) groups is 1. The molecule has 27 heavy (non-hydrogen) atoms. The highest BCUT2D eigenvalue weighted by atomic mass is 19.4. The number of nitrogens with zero attached hydrogens (tertiary/aromatic N) is 1. The molecule has 0 aliphatic carbocycles. The van der Waals surface area contributed by atoms with Crippen molar-refractivity contribution >= 4 is 23.1 Å². The maximum atomic E-state index is 12.9. The molecule has 1 amide bonds. The van der Waals surface area contributed by atoms with Crippen molar-refractivity contribution < 1.29 is 22.4 Å². The Bertz CT molecular complexity index is 938. The maximum Gasteiger partial charge on any atom is 0.416 e. The summed E-state index contributed by atoms with van der Waals surface area (Å²) in [6.07, 6.45) is -3.07. The summed E-state index contributed by atoms with van der Waals surface area (Å²) in [5.41, 5.74) is 0.137. The number of anilines is 3. The molecular weight excluding hydrogens is 362 g/mol. The molecule has 0 saturated carbocycles. The minimum atomic E-state index is -4.43. The number of amides is 1. The third kappa shape index (κ3) is 4.81. The van der Waals surface area contributed by atoms with Gasteiger partial charge in [-0.1, -0.05) is 6.07 Å². The zero-order valence-electron chi connectivity index (χ0n) is 13.7. The Morgan fingerprint density at radius 1 is 0.926 bits per heavy atom. The lowest BCUT2D eigenvalue weighted by Crippen LogP contribution is -2.12. The Kier molecular flexibility index (Phi) is 5.07. The second-order valence-corrected chi connectivity index (χ2v) is 5.60. The van der Waals surface area contributed by atoms with Gasteiger partial charge in [-0.15, -0.1) is 0 Å². The van der Waals surface area contributed by atoms with Crippen LogP contribution in [0, 0.1) is 5.82 Å². The van der Waals surface area contributed by atoms with Gasteiger partial charge < -0.3 is 10.6 Å². The average Bonchev–Trinajstić information content (AvgIpc) is 2.63. The van der Waals surface area contributed by atoms with E-state index in [1.165, 1.54) is 48.7 Å². The van der Waals surface area contributed by atoms with Crippen molar-refractivity contribution in [3.63, 3.8) is 0 Å². The van der Waals surface area contributed by atoms with Crippen LogP contribution in [-0.4, -0.2) is 10.9 Å². The molecule has 3 rings (SSSR count). The van der Waals surface area contributed by atoms with Crippen LogP contribution in [0.15, 0.2) is 66.9 Å². The van der Waals surface area contributed by atoms with E-state index in [2.05, 4.69) is 15.6 Å². The number of alkyl halides is 3. The maximum absolute atomic E-state index is 12.9. The van der Waals surface area contributed by atoms with Crippen LogP contribution in [0.1, 0.15) is 15.9 Å². The largest absolute Gasteiger partial charge is 0.416 e. The molecular formula is C19H13F4N3O. The number of aromatic nitrogens is 1. The third-order valence-electron chi connectivity index (χ3n) is 3.59. The standard InChI is InChI=1S/C19H13F4N3O/c20-14-6-4-12(5-7-14)18(27)26-16-8-9-17(24-11-16)25-15-3-1-2-13(10-15)19(21,22)23/h1-11H,(H,24,25)(H,26,27). The molecule has 0 radical (unpaired) electrons. The van der Waals surface area contributed by atoms with Crippen molar-refractivity contribution in [3.8, 4) is 0 Å². The van der Waals surface area contributed by atoms with Crippen LogP contribution in [0.25, 0.3) is 0 Å². The molecule has 0 atom stereocenters. The molecule has 0 aliphatic heterocycles. The van der Waals surface area contributed by atoms with E-state index in [0.29, 0.717) is 11.5 Å². The fraction of sp³-hybridized carbons (Fsp3) is 0.0526. The van der Waals surface area contributed by atoms with Crippen molar-refractivity contribution in [2.75, 3.05) is 10.6 Å². The van der Waals surface area contributed by atoms with Crippen LogP contribution in [0.3, 0.4) is 0 Å². The number of rotatable bonds is 4. The lowest BCUT2D eigenvalue weighted by molar-refractivity contribution is -0.137. The molecule has 0 unspecified atom stereocenters. The number of halogens is 4. The van der Waals surface area contributed by atoms with Crippen LogP contribution < -0.4 is 10.6 Å². The Morgan fingerprint density at radius 3 is 2.30 bits per heavy atom. The van der Waals surface area contributed by atoms with Gasteiger partial charge >= 0.3 is 6.18 Å². The van der Waals surface area contributed by atoms with E-state index in [4.69, 9.17) is 0 Å². The van der Waals surface area contributed by atoms with Crippen molar-refractivity contribution in [1.82, 2.24) is 4.98 Å². The molecule has 0 aliphatic rings. The zero-order valence-corrected chi connectivity index (χ0v) is 13.7. The molecule has 2 aromatic carbocycles. The van der Waals surface area contributed by atoms with E-state index >= 15 is 0 Å². The van der Waals surface area contributed by atoms with Gasteiger partial charge in [0.1, 0.15) is 11.6 Å². The minimum Gasteiger partial charge on any atom is -0.340 e. The first-order valence-corrected chi connectivity index (χ1v) is 7.78. The van der Waals surface area contributed by atoms with Crippen LogP contribution >= 0.6 is 0 Å². The number of hydrogen-bond acceptors (Lipinski definition) is 3. The molecule has 138 valence electrons. The summed E-state index contributed by atoms with van der Waals surface area (Å²) < 4.78 is 51.1. The summed E-state index contributed by atoms with van der Waals surface area (Å²) in [5, 5.41) is 5.37. The Hall–Kier alpha value is -3.42. The second kappa shape index (κ2) is 7.45. The van der Waals surface area contributed by atoms with E-state index in [1.54, 1.807) is 6.07 Å². The molecule has 0 fully saturated rings. The first kappa shape index (κ1) is 18.4. The topological polar surface area (TPSA) is 54.0 Å². The first-order chi connectivity index (χ1) is 12.8. The Labute approximate surface area is 151 Å². The molecule has 1 heterocycles. The van der Waals surface area contributed by atoms with Gasteiger partial charge in [0.05, 0.1) is 17.4 Å². The first-order valence-electron chi connectivity index (χ1n) is 7.78. The molecule has 0 saturated heterocycles. The normalized spacial score (nSPS) is 11.1. The fourth-order valence-corrected chi connectivity index (χ4v) is 2.27. The number of pyridine rings is 1. The summed E-state index contributed by atoms with van der Waals surface area (Å²) in [4.78, 5) is 16.1. The van der Waals surface area contributed by atoms with Gasteiger partial charge in [-0.25, -0.2) is 9.37 Å². The van der Waals surface area contributed by atoms with Crippen LogP contribution in [0.5, 0.6) is 0 Å². The van der Waals surface area contributed by atoms with Crippen molar-refractivity contribution in [2.24, 2.45) is 0 Å². The second-order valence-electron chi connectivity index (χ2n) is 5.60. The van der Waals surface area contributed by atoms with Gasteiger partial charge in [-0.2, -0.15) is 13.2 Å². The van der Waals surface area contributed by atoms with Crippen molar-refractivity contribution in [3.05, 3.63) is 83.8 Å². The van der Waals surface area contributed by atoms with E-state index in [9.17, 15) is 22.4 Å². The molecule has 1 aromatic heterocycles. The lowest BCUT2D eigenvalue weighted by Gasteiger charge is -2.11. The van der Waals surface area contributed by atoms with Crippen molar-refractivity contribution in [2.45, 2.75) is 6.18 Å². The quantitative estimate of drug-likeness (QED) is 0.614. The summed E-state index contributed by atoms with van der Waals surface area (Å²) in [6.45, 7) is 0. The molecule has 3 aromatic rings. The summed E-state index contributed by atoms with van der Waals surface area (Å²) in [6, 6.07) is 12.8. The van der Waals surface area contributed by atoms with Gasteiger partial charge in [0.25, 0.3) is 5.91 Å². The molecule has 2 N–H and O–H groups in total. The van der Waals surface area contributed by atoms with E-state index < -0.39 is 23.5 Å². The highest BCUT2D eigenvalue weighted by molar-refractivity contribution is 6.04. The van der Waals surface area contributed by atoms with Gasteiger partial charge in [0, 0.05) is 11.3 Å². The lowest BCUT2D eigenvalue weighted by atomic mass is 10.2. The predicted molar refractivity (Wildman–Crippen MR) is 93.3 cm³/mol. The molecule has 4 nitrogen and oxygen atoms in total. The number of carbonyl (C=O) groups excluding carboxylic acids is 1. The number of hydrogen-bond donors (Lipinski definition) is 2. The fourth-order valence-electron chi connectivity index (χ4n) is 2.27. The van der Waals surface area contributed by atoms with E-state index in [-0.39, 0.29) is 11.3 Å². The van der Waals surface area contributed by atoms with Gasteiger partial charge in [-0.05, 0) is 54.6 Å². The summed E-state index contributed by atoms with van der Waals surface area (Å²) in [7, 11) is 0. The summed E-state index contributed by atoms with van der Waals surface area (Å²) >= 11 is 0. The van der Waals surface area contributed by atoms with Crippen LogP contribution in [-0.2, 0) is 6.18 Å². The van der Waals surface area contributed by atoms with Gasteiger partial charge in [-0.3, -0.25) is 4.79 Å². The molecule has 0 bridgehead atoms. The third-order valence-corrected chi connectivity index (χ3v) is 3.59. The number of benzene rings is 2. The van der Waals surface area contributed by atoms with Gasteiger partial charge in [0.2, 0.25) is 0 Å². The smallest absolute Gasteiger partial charge is 0.340 e. The number of nitrogens with one attached hydrogen (secondary N) is 2. The van der Waals surface area contributed by atoms with E-state index in [0.717, 1.165) is 12.1 Å². The molecule has 0 spiro atoms. The van der Waals surface area contributed by atoms with Crippen molar-refractivity contribution in [1.29, 1.82) is 0 Å². The van der Waals surface area contributed by atoms with Gasteiger partial charge in [0.15, 0.2) is 0 Å². The Balaban J connectivity index is 1.67. The predicted octanol–water partition coefficient (Wildman–Crippen LogP) is 5.24. The Morgan fingerprint density at radius 2 is 1.67 bits per heavy atom. The monoisotopic (exact) mass is 375 g/mol. The van der Waals surface area contributed by atoms with E-state index in [1.807, 2.05) is 0 Å².